The Kier molecular flexibility index (Phi) is 5.20. The van der Waals surface area contributed by atoms with Crippen LogP contribution in [0, 0.1) is 12.8 Å². The first-order valence-corrected chi connectivity index (χ1v) is 10.5. The van der Waals surface area contributed by atoms with Gasteiger partial charge in [0.15, 0.2) is 5.60 Å². The smallest absolute Gasteiger partial charge is 0.252 e. The van der Waals surface area contributed by atoms with E-state index in [1.165, 1.54) is 5.56 Å². The summed E-state index contributed by atoms with van der Waals surface area (Å²) in [7, 11) is 1.66. The largest absolute Gasteiger partial charge is 0.368 e. The third-order valence-corrected chi connectivity index (χ3v) is 7.22. The topological polar surface area (TPSA) is 38.3 Å². The molecule has 2 aromatic carbocycles. The highest BCUT2D eigenvalue weighted by atomic mass is 35.5. The average Bonchev–Trinajstić information content (AvgIpc) is 2.93. The van der Waals surface area contributed by atoms with Gasteiger partial charge in [0.25, 0.3) is 5.91 Å². The molecule has 2 aliphatic rings. The first-order chi connectivity index (χ1) is 13.4. The number of ether oxygens (including phenoxy) is 1. The molecular formula is C23H25Cl2NO2. The summed E-state index contributed by atoms with van der Waals surface area (Å²) in [4.78, 5) is 12.9. The number of methoxy groups -OCH3 is 1. The summed E-state index contributed by atoms with van der Waals surface area (Å²) in [5, 5.41) is 4.63. The maximum Gasteiger partial charge on any atom is 0.252 e. The van der Waals surface area contributed by atoms with Crippen molar-refractivity contribution in [3.63, 3.8) is 0 Å². The molecule has 4 rings (SSSR count). The van der Waals surface area contributed by atoms with Gasteiger partial charge in [-0.15, -0.1) is 0 Å². The van der Waals surface area contributed by atoms with Crippen LogP contribution in [0.1, 0.15) is 48.3 Å². The van der Waals surface area contributed by atoms with E-state index >= 15 is 0 Å². The van der Waals surface area contributed by atoms with Crippen LogP contribution in [0.3, 0.4) is 0 Å². The zero-order chi connectivity index (χ0) is 20.1. The number of benzene rings is 2. The summed E-state index contributed by atoms with van der Waals surface area (Å²) in [6.45, 7) is 4.12. The second kappa shape index (κ2) is 7.37. The minimum atomic E-state index is -0.794. The molecule has 5 heteroatoms. The lowest BCUT2D eigenvalue weighted by molar-refractivity contribution is -0.148. The zero-order valence-corrected chi connectivity index (χ0v) is 17.8. The van der Waals surface area contributed by atoms with Crippen LogP contribution in [0.25, 0.3) is 0 Å². The number of amides is 1. The molecule has 1 saturated carbocycles. The number of aryl methyl sites for hydroxylation is 1. The number of halogens is 2. The third-order valence-electron chi connectivity index (χ3n) is 6.64. The Balaban J connectivity index is 1.87. The van der Waals surface area contributed by atoms with Gasteiger partial charge in [-0.2, -0.15) is 0 Å². The summed E-state index contributed by atoms with van der Waals surface area (Å²) in [5.74, 6) is 0.319. The molecule has 0 radical (unpaired) electrons. The number of carbonyl (C=O) groups is 1. The van der Waals surface area contributed by atoms with Crippen LogP contribution in [-0.2, 0) is 9.53 Å². The van der Waals surface area contributed by atoms with Crippen molar-refractivity contribution in [3.8, 4) is 0 Å². The lowest BCUT2D eigenvalue weighted by Crippen LogP contribution is -2.51. The van der Waals surface area contributed by atoms with E-state index in [9.17, 15) is 4.79 Å². The number of hydrogen-bond donors (Lipinski definition) is 1. The normalized spacial score (nSPS) is 32.1. The number of rotatable bonds is 3. The van der Waals surface area contributed by atoms with Crippen LogP contribution < -0.4 is 5.32 Å². The minimum Gasteiger partial charge on any atom is -0.368 e. The maximum absolute atomic E-state index is 12.9. The molecule has 1 heterocycles. The highest BCUT2D eigenvalue weighted by Gasteiger charge is 2.61. The van der Waals surface area contributed by atoms with Gasteiger partial charge in [0.05, 0.1) is 0 Å². The molecule has 1 aliphatic carbocycles. The molecule has 2 fully saturated rings. The van der Waals surface area contributed by atoms with Crippen LogP contribution in [0.4, 0.5) is 0 Å². The Labute approximate surface area is 176 Å². The number of hydrogen-bond acceptors (Lipinski definition) is 2. The fraction of sp³-hybridized carbons (Fsp3) is 0.435. The van der Waals surface area contributed by atoms with Gasteiger partial charge >= 0.3 is 0 Å². The van der Waals surface area contributed by atoms with Crippen LogP contribution >= 0.6 is 23.2 Å². The van der Waals surface area contributed by atoms with E-state index in [2.05, 4.69) is 36.5 Å². The Hall–Kier alpha value is -1.55. The Morgan fingerprint density at radius 2 is 1.86 bits per heavy atom. The summed E-state index contributed by atoms with van der Waals surface area (Å²) in [6, 6.07) is 14.3. The van der Waals surface area contributed by atoms with Crippen LogP contribution in [-0.4, -0.2) is 24.7 Å². The lowest BCUT2D eigenvalue weighted by atomic mass is 9.59. The molecular weight excluding hydrogens is 393 g/mol. The second-order valence-electron chi connectivity index (χ2n) is 8.13. The monoisotopic (exact) mass is 417 g/mol. The summed E-state index contributed by atoms with van der Waals surface area (Å²) >= 11 is 12.8. The van der Waals surface area contributed by atoms with Crippen molar-refractivity contribution in [1.82, 2.24) is 5.32 Å². The molecule has 1 amide bonds. The van der Waals surface area contributed by atoms with E-state index in [1.54, 1.807) is 7.11 Å². The van der Waals surface area contributed by atoms with E-state index in [4.69, 9.17) is 27.9 Å². The minimum absolute atomic E-state index is 0.0000772. The fourth-order valence-electron chi connectivity index (χ4n) is 5.39. The number of nitrogens with one attached hydrogen (secondary N) is 1. The summed E-state index contributed by atoms with van der Waals surface area (Å²) in [6.07, 6.45) is 1.52. The van der Waals surface area contributed by atoms with Crippen molar-refractivity contribution in [2.45, 2.75) is 50.2 Å². The van der Waals surface area contributed by atoms with E-state index in [-0.39, 0.29) is 29.7 Å². The molecule has 1 aliphatic heterocycles. The van der Waals surface area contributed by atoms with Crippen molar-refractivity contribution in [1.29, 1.82) is 0 Å². The molecule has 0 unspecified atom stereocenters. The fourth-order valence-corrected chi connectivity index (χ4v) is 5.89. The van der Waals surface area contributed by atoms with Crippen LogP contribution in [0.15, 0.2) is 42.5 Å². The van der Waals surface area contributed by atoms with E-state index in [1.807, 2.05) is 25.1 Å². The molecule has 1 saturated heterocycles. The molecule has 28 heavy (non-hydrogen) atoms. The summed E-state index contributed by atoms with van der Waals surface area (Å²) in [5.41, 5.74) is 2.66. The van der Waals surface area contributed by atoms with Gasteiger partial charge in [-0.1, -0.05) is 47.5 Å². The first kappa shape index (κ1) is 19.8. The van der Waals surface area contributed by atoms with Gasteiger partial charge in [0.2, 0.25) is 0 Å². The van der Waals surface area contributed by atoms with Crippen molar-refractivity contribution < 1.29 is 9.53 Å². The van der Waals surface area contributed by atoms with Gasteiger partial charge in [-0.3, -0.25) is 4.79 Å². The summed E-state index contributed by atoms with van der Waals surface area (Å²) < 4.78 is 5.92. The van der Waals surface area contributed by atoms with Crippen molar-refractivity contribution in [2.24, 2.45) is 5.92 Å². The van der Waals surface area contributed by atoms with E-state index < -0.39 is 5.60 Å². The molecule has 0 aromatic heterocycles. The molecule has 0 spiro atoms. The van der Waals surface area contributed by atoms with Crippen molar-refractivity contribution >= 4 is 29.1 Å². The molecule has 3 nitrogen and oxygen atoms in total. The molecule has 0 bridgehead atoms. The SMILES string of the molecule is CO[C@@]12CC[C@@H](c3ccc(C)cc3Cl)[C@H](c3ccc(Cl)cc3)[C@@H]1[C@@H](C)NC2=O. The maximum atomic E-state index is 12.9. The van der Waals surface area contributed by atoms with Crippen molar-refractivity contribution in [2.75, 3.05) is 7.11 Å². The highest BCUT2D eigenvalue weighted by Crippen LogP contribution is 2.56. The molecule has 2 aromatic rings. The standard InChI is InChI=1S/C23H25Cl2NO2/c1-13-4-9-17(19(25)12-13)18-10-11-23(28-3)21(14(2)26-22(23)27)20(18)15-5-7-16(24)8-6-15/h4-9,12,14,18,20-21H,10-11H2,1-3H3,(H,26,27)/t14-,18+,20+,21+,23+/m1/s1. The quantitative estimate of drug-likeness (QED) is 0.717. The molecule has 5 atom stereocenters. The zero-order valence-electron chi connectivity index (χ0n) is 16.3. The number of carbonyl (C=O) groups excluding carboxylic acids is 1. The molecule has 1 N–H and O–H groups in total. The van der Waals surface area contributed by atoms with Gasteiger partial charge in [-0.05, 0) is 73.4 Å². The number of fused-ring (bicyclic) bond motifs is 1. The Morgan fingerprint density at radius 1 is 1.14 bits per heavy atom. The highest BCUT2D eigenvalue weighted by molar-refractivity contribution is 6.31. The van der Waals surface area contributed by atoms with Gasteiger partial charge in [0, 0.05) is 29.1 Å². The van der Waals surface area contributed by atoms with Crippen LogP contribution in [0.5, 0.6) is 0 Å². The predicted molar refractivity (Wildman–Crippen MR) is 113 cm³/mol. The average molecular weight is 418 g/mol. The lowest BCUT2D eigenvalue weighted by Gasteiger charge is -2.47. The van der Waals surface area contributed by atoms with E-state index in [0.29, 0.717) is 11.4 Å². The van der Waals surface area contributed by atoms with Gasteiger partial charge in [0.1, 0.15) is 0 Å². The van der Waals surface area contributed by atoms with Crippen LogP contribution in [0.2, 0.25) is 10.0 Å². The van der Waals surface area contributed by atoms with Crippen molar-refractivity contribution in [3.05, 3.63) is 69.2 Å². The van der Waals surface area contributed by atoms with E-state index in [0.717, 1.165) is 22.6 Å². The predicted octanol–water partition coefficient (Wildman–Crippen LogP) is 5.48. The second-order valence-corrected chi connectivity index (χ2v) is 8.97. The van der Waals surface area contributed by atoms with Gasteiger partial charge < -0.3 is 10.1 Å². The Morgan fingerprint density at radius 3 is 2.50 bits per heavy atom. The Bertz CT molecular complexity index is 898. The van der Waals surface area contributed by atoms with Gasteiger partial charge in [-0.25, -0.2) is 0 Å². The third kappa shape index (κ3) is 3.04. The molecule has 148 valence electrons. The first-order valence-electron chi connectivity index (χ1n) is 9.75.